The van der Waals surface area contributed by atoms with Crippen molar-refractivity contribution in [2.75, 3.05) is 6.61 Å². The second-order valence-electron chi connectivity index (χ2n) is 9.63. The standard InChI is InChI=1S/C28H32N2O5/c1-17(2)25(15-26(31)29-19-9-7-8-18(14-19)27(32)33)30-28(34)35-16-24-22-12-5-3-10-20(22)21-11-4-6-13-23(21)24/h3-7,9-13,17-19,24-25H,8,14-16H2,1-2H3,(H,29,31)(H,30,34)(H,32,33)/t18-,19-,25+/m1/s1. The fourth-order valence-electron chi connectivity index (χ4n) is 4.91. The minimum Gasteiger partial charge on any atom is -0.481 e. The number of hydrogen-bond donors (Lipinski definition) is 3. The van der Waals surface area contributed by atoms with Crippen LogP contribution < -0.4 is 10.6 Å². The zero-order valence-corrected chi connectivity index (χ0v) is 20.1. The Morgan fingerprint density at radius 2 is 1.66 bits per heavy atom. The van der Waals surface area contributed by atoms with Crippen LogP contribution in [0.3, 0.4) is 0 Å². The summed E-state index contributed by atoms with van der Waals surface area (Å²) < 4.78 is 5.63. The molecule has 0 fully saturated rings. The predicted molar refractivity (Wildman–Crippen MR) is 133 cm³/mol. The third-order valence-corrected chi connectivity index (χ3v) is 6.88. The molecule has 2 aliphatic rings. The van der Waals surface area contributed by atoms with Crippen molar-refractivity contribution in [1.29, 1.82) is 0 Å². The third-order valence-electron chi connectivity index (χ3n) is 6.88. The smallest absolute Gasteiger partial charge is 0.407 e. The molecular weight excluding hydrogens is 444 g/mol. The maximum absolute atomic E-state index is 12.7. The number of ether oxygens (including phenoxy) is 1. The molecule has 0 aliphatic heterocycles. The van der Waals surface area contributed by atoms with E-state index in [2.05, 4.69) is 34.9 Å². The molecule has 0 radical (unpaired) electrons. The van der Waals surface area contributed by atoms with E-state index < -0.39 is 24.0 Å². The van der Waals surface area contributed by atoms with E-state index in [1.807, 2.05) is 44.2 Å². The highest BCUT2D eigenvalue weighted by Gasteiger charge is 2.30. The van der Waals surface area contributed by atoms with Crippen LogP contribution in [-0.2, 0) is 14.3 Å². The van der Waals surface area contributed by atoms with E-state index in [4.69, 9.17) is 4.74 Å². The zero-order chi connectivity index (χ0) is 24.9. The van der Waals surface area contributed by atoms with Crippen molar-refractivity contribution in [2.24, 2.45) is 11.8 Å². The molecule has 35 heavy (non-hydrogen) atoms. The van der Waals surface area contributed by atoms with Crippen LogP contribution in [0.15, 0.2) is 60.7 Å². The van der Waals surface area contributed by atoms with Crippen molar-refractivity contribution >= 4 is 18.0 Å². The molecule has 0 heterocycles. The quantitative estimate of drug-likeness (QED) is 0.488. The lowest BCUT2D eigenvalue weighted by molar-refractivity contribution is -0.142. The van der Waals surface area contributed by atoms with Gasteiger partial charge in [-0.2, -0.15) is 0 Å². The molecule has 3 atom stereocenters. The number of alkyl carbamates (subject to hydrolysis) is 1. The molecule has 7 nitrogen and oxygen atoms in total. The SMILES string of the molecule is CC(C)[C@H](CC(=O)N[C@@H]1C=CC[C@@H](C(=O)O)C1)NC(=O)OCC1c2ccccc2-c2ccccc21. The maximum Gasteiger partial charge on any atom is 0.407 e. The lowest BCUT2D eigenvalue weighted by Crippen LogP contribution is -2.45. The Labute approximate surface area is 205 Å². The Bertz CT molecular complexity index is 1080. The van der Waals surface area contributed by atoms with Crippen LogP contribution in [0.2, 0.25) is 0 Å². The monoisotopic (exact) mass is 476 g/mol. The average Bonchev–Trinajstić information content (AvgIpc) is 3.16. The van der Waals surface area contributed by atoms with E-state index in [0.717, 1.165) is 22.3 Å². The minimum atomic E-state index is -0.856. The van der Waals surface area contributed by atoms with Gasteiger partial charge in [0.2, 0.25) is 5.91 Å². The molecule has 7 heteroatoms. The van der Waals surface area contributed by atoms with Gasteiger partial charge >= 0.3 is 12.1 Å². The molecule has 184 valence electrons. The summed E-state index contributed by atoms with van der Waals surface area (Å²) in [7, 11) is 0. The molecule has 0 unspecified atom stereocenters. The number of benzene rings is 2. The zero-order valence-electron chi connectivity index (χ0n) is 20.1. The summed E-state index contributed by atoms with van der Waals surface area (Å²) in [5.74, 6) is -1.61. The van der Waals surface area contributed by atoms with E-state index in [1.54, 1.807) is 6.08 Å². The Balaban J connectivity index is 1.33. The summed E-state index contributed by atoms with van der Waals surface area (Å²) in [4.78, 5) is 36.6. The first-order chi connectivity index (χ1) is 16.8. The summed E-state index contributed by atoms with van der Waals surface area (Å²) in [6.07, 6.45) is 4.00. The molecule has 2 aromatic rings. The van der Waals surface area contributed by atoms with Gasteiger partial charge in [0.15, 0.2) is 0 Å². The fourth-order valence-corrected chi connectivity index (χ4v) is 4.91. The average molecular weight is 477 g/mol. The highest BCUT2D eigenvalue weighted by atomic mass is 16.5. The molecule has 3 N–H and O–H groups in total. The predicted octanol–water partition coefficient (Wildman–Crippen LogP) is 4.48. The van der Waals surface area contributed by atoms with Gasteiger partial charge in [-0.3, -0.25) is 9.59 Å². The Morgan fingerprint density at radius 3 is 2.26 bits per heavy atom. The van der Waals surface area contributed by atoms with Crippen molar-refractivity contribution in [3.63, 3.8) is 0 Å². The van der Waals surface area contributed by atoms with E-state index in [9.17, 15) is 19.5 Å². The summed E-state index contributed by atoms with van der Waals surface area (Å²) in [6, 6.07) is 15.6. The van der Waals surface area contributed by atoms with Gasteiger partial charge in [0, 0.05) is 24.4 Å². The number of amides is 2. The maximum atomic E-state index is 12.7. The number of carboxylic acids is 1. The molecule has 2 aliphatic carbocycles. The Kier molecular flexibility index (Phi) is 7.54. The topological polar surface area (TPSA) is 105 Å². The van der Waals surface area contributed by atoms with Crippen molar-refractivity contribution in [3.8, 4) is 11.1 Å². The number of aliphatic carboxylic acids is 1. The van der Waals surface area contributed by atoms with Gasteiger partial charge in [-0.15, -0.1) is 0 Å². The van der Waals surface area contributed by atoms with Crippen molar-refractivity contribution in [3.05, 3.63) is 71.8 Å². The normalized spacial score (nSPS) is 19.5. The van der Waals surface area contributed by atoms with Gasteiger partial charge in [-0.25, -0.2) is 4.79 Å². The third kappa shape index (κ3) is 5.73. The summed E-state index contributed by atoms with van der Waals surface area (Å²) >= 11 is 0. The van der Waals surface area contributed by atoms with Gasteiger partial charge in [0.1, 0.15) is 6.61 Å². The van der Waals surface area contributed by atoms with Gasteiger partial charge in [0.25, 0.3) is 0 Å². The lowest BCUT2D eigenvalue weighted by Gasteiger charge is -2.26. The van der Waals surface area contributed by atoms with Crippen molar-refractivity contribution < 1.29 is 24.2 Å². The molecule has 0 saturated heterocycles. The Morgan fingerprint density at radius 1 is 1.03 bits per heavy atom. The van der Waals surface area contributed by atoms with E-state index in [0.29, 0.717) is 12.8 Å². The molecule has 2 aromatic carbocycles. The molecule has 0 bridgehead atoms. The number of allylic oxidation sites excluding steroid dienone is 1. The van der Waals surface area contributed by atoms with Gasteiger partial charge < -0.3 is 20.5 Å². The number of carbonyl (C=O) groups is 3. The van der Waals surface area contributed by atoms with Gasteiger partial charge in [-0.1, -0.05) is 74.5 Å². The van der Waals surface area contributed by atoms with Crippen LogP contribution in [-0.4, -0.2) is 41.8 Å². The molecule has 4 rings (SSSR count). The molecule has 0 aromatic heterocycles. The van der Waals surface area contributed by atoms with E-state index in [1.165, 1.54) is 0 Å². The summed E-state index contributed by atoms with van der Waals surface area (Å²) in [5.41, 5.74) is 4.61. The Hall–Kier alpha value is -3.61. The van der Waals surface area contributed by atoms with Crippen LogP contribution in [0.1, 0.15) is 50.2 Å². The van der Waals surface area contributed by atoms with E-state index >= 15 is 0 Å². The first kappa shape index (κ1) is 24.5. The molecule has 0 saturated carbocycles. The van der Waals surface area contributed by atoms with Crippen LogP contribution in [0.25, 0.3) is 11.1 Å². The number of nitrogens with one attached hydrogen (secondary N) is 2. The second kappa shape index (κ2) is 10.8. The highest BCUT2D eigenvalue weighted by Crippen LogP contribution is 2.44. The molecular formula is C28H32N2O5. The summed E-state index contributed by atoms with van der Waals surface area (Å²) in [5, 5.41) is 15.0. The number of fused-ring (bicyclic) bond motifs is 3. The minimum absolute atomic E-state index is 0.00917. The summed E-state index contributed by atoms with van der Waals surface area (Å²) in [6.45, 7) is 4.08. The lowest BCUT2D eigenvalue weighted by atomic mass is 9.91. The molecule has 0 spiro atoms. The number of hydrogen-bond acceptors (Lipinski definition) is 4. The molecule has 2 amide bonds. The van der Waals surface area contributed by atoms with Crippen LogP contribution >= 0.6 is 0 Å². The van der Waals surface area contributed by atoms with Crippen LogP contribution in [0.4, 0.5) is 4.79 Å². The first-order valence-electron chi connectivity index (χ1n) is 12.1. The van der Waals surface area contributed by atoms with Crippen LogP contribution in [0, 0.1) is 11.8 Å². The number of carbonyl (C=O) groups excluding carboxylic acids is 2. The van der Waals surface area contributed by atoms with Crippen molar-refractivity contribution in [1.82, 2.24) is 10.6 Å². The van der Waals surface area contributed by atoms with Crippen molar-refractivity contribution in [2.45, 2.75) is 51.1 Å². The number of carboxylic acid groups (broad SMARTS) is 1. The van der Waals surface area contributed by atoms with Gasteiger partial charge in [0.05, 0.1) is 5.92 Å². The van der Waals surface area contributed by atoms with E-state index in [-0.39, 0.29) is 36.8 Å². The fraction of sp³-hybridized carbons (Fsp3) is 0.393. The number of rotatable bonds is 8. The largest absolute Gasteiger partial charge is 0.481 e. The second-order valence-corrected chi connectivity index (χ2v) is 9.63. The highest BCUT2D eigenvalue weighted by molar-refractivity contribution is 5.80. The van der Waals surface area contributed by atoms with Crippen LogP contribution in [0.5, 0.6) is 0 Å². The van der Waals surface area contributed by atoms with Gasteiger partial charge in [-0.05, 0) is 41.0 Å². The first-order valence-corrected chi connectivity index (χ1v) is 12.1.